The lowest BCUT2D eigenvalue weighted by atomic mass is 10.0. The highest BCUT2D eigenvalue weighted by molar-refractivity contribution is 5.67. The van der Waals surface area contributed by atoms with Crippen molar-refractivity contribution in [3.05, 3.63) is 0 Å². The third kappa shape index (κ3) is 6.12. The number of ether oxygens (including phenoxy) is 1. The summed E-state index contributed by atoms with van der Waals surface area (Å²) in [6.07, 6.45) is 0.332. The molecule has 0 aromatic heterocycles. The van der Waals surface area contributed by atoms with Gasteiger partial charge in [0.05, 0.1) is 24.5 Å². The average Bonchev–Trinajstić information content (AvgIpc) is 2.02. The Hall–Kier alpha value is -1.08. The van der Waals surface area contributed by atoms with Crippen LogP contribution in [-0.4, -0.2) is 23.8 Å². The SMILES string of the molecule is CCOC(C)CC(C#N)CC(=O)O. The maximum atomic E-state index is 10.3. The van der Waals surface area contributed by atoms with Gasteiger partial charge in [0.1, 0.15) is 0 Å². The Balaban J connectivity index is 3.84. The largest absolute Gasteiger partial charge is 0.481 e. The molecule has 4 nitrogen and oxygen atoms in total. The van der Waals surface area contributed by atoms with Gasteiger partial charge in [-0.1, -0.05) is 0 Å². The summed E-state index contributed by atoms with van der Waals surface area (Å²) in [6.45, 7) is 4.30. The van der Waals surface area contributed by atoms with Crippen LogP contribution in [0.15, 0.2) is 0 Å². The number of carboxylic acid groups (broad SMARTS) is 1. The lowest BCUT2D eigenvalue weighted by Crippen LogP contribution is -2.15. The molecule has 0 saturated carbocycles. The Morgan fingerprint density at radius 1 is 1.69 bits per heavy atom. The Bertz CT molecular complexity index is 198. The van der Waals surface area contributed by atoms with Gasteiger partial charge in [-0.25, -0.2) is 0 Å². The predicted octanol–water partition coefficient (Wildman–Crippen LogP) is 1.42. The molecule has 0 aliphatic rings. The van der Waals surface area contributed by atoms with E-state index in [1.54, 1.807) is 0 Å². The minimum atomic E-state index is -0.935. The van der Waals surface area contributed by atoms with Crippen LogP contribution < -0.4 is 0 Å². The molecule has 4 heteroatoms. The second-order valence-electron chi connectivity index (χ2n) is 2.93. The van der Waals surface area contributed by atoms with E-state index in [1.165, 1.54) is 0 Å². The zero-order valence-electron chi connectivity index (χ0n) is 7.99. The van der Waals surface area contributed by atoms with Gasteiger partial charge in [-0.15, -0.1) is 0 Å². The van der Waals surface area contributed by atoms with Gasteiger partial charge in [-0.05, 0) is 20.3 Å². The fraction of sp³-hybridized carbons (Fsp3) is 0.778. The minimum Gasteiger partial charge on any atom is -0.481 e. The summed E-state index contributed by atoms with van der Waals surface area (Å²) in [6, 6.07) is 1.96. The number of aliphatic carboxylic acids is 1. The average molecular weight is 185 g/mol. The maximum absolute atomic E-state index is 10.3. The summed E-state index contributed by atoms with van der Waals surface area (Å²) in [4.78, 5) is 10.3. The summed E-state index contributed by atoms with van der Waals surface area (Å²) in [7, 11) is 0. The van der Waals surface area contributed by atoms with Gasteiger partial charge in [-0.3, -0.25) is 4.79 Å². The summed E-state index contributed by atoms with van der Waals surface area (Å²) < 4.78 is 5.21. The number of nitriles is 1. The quantitative estimate of drug-likeness (QED) is 0.679. The third-order valence-corrected chi connectivity index (χ3v) is 1.67. The zero-order chi connectivity index (χ0) is 10.3. The van der Waals surface area contributed by atoms with Crippen LogP contribution >= 0.6 is 0 Å². The standard InChI is InChI=1S/C9H15NO3/c1-3-13-7(2)4-8(6-10)5-9(11)12/h7-8H,3-5H2,1-2H3,(H,11,12). The van der Waals surface area contributed by atoms with Crippen LogP contribution in [0.5, 0.6) is 0 Å². The van der Waals surface area contributed by atoms with Crippen LogP contribution in [0.3, 0.4) is 0 Å². The Kier molecular flexibility index (Phi) is 5.90. The molecule has 2 atom stereocenters. The highest BCUT2D eigenvalue weighted by atomic mass is 16.5. The Morgan fingerprint density at radius 3 is 2.69 bits per heavy atom. The van der Waals surface area contributed by atoms with Crippen LogP contribution in [0.4, 0.5) is 0 Å². The van der Waals surface area contributed by atoms with Gasteiger partial charge < -0.3 is 9.84 Å². The molecule has 0 aliphatic heterocycles. The van der Waals surface area contributed by atoms with Crippen molar-refractivity contribution in [1.82, 2.24) is 0 Å². The fourth-order valence-corrected chi connectivity index (χ4v) is 1.15. The molecule has 0 fully saturated rings. The highest BCUT2D eigenvalue weighted by Crippen LogP contribution is 2.12. The molecule has 0 bridgehead atoms. The molecule has 13 heavy (non-hydrogen) atoms. The zero-order valence-corrected chi connectivity index (χ0v) is 7.99. The molecular formula is C9H15NO3. The molecular weight excluding hydrogens is 170 g/mol. The molecule has 0 saturated heterocycles. The fourth-order valence-electron chi connectivity index (χ4n) is 1.15. The van der Waals surface area contributed by atoms with Crippen LogP contribution in [0, 0.1) is 17.2 Å². The monoisotopic (exact) mass is 185 g/mol. The van der Waals surface area contributed by atoms with E-state index < -0.39 is 11.9 Å². The van der Waals surface area contributed by atoms with E-state index in [9.17, 15) is 4.79 Å². The number of hydrogen-bond donors (Lipinski definition) is 1. The molecule has 0 radical (unpaired) electrons. The summed E-state index contributed by atoms with van der Waals surface area (Å²) in [5.41, 5.74) is 0. The topological polar surface area (TPSA) is 70.3 Å². The van der Waals surface area contributed by atoms with Crippen molar-refractivity contribution in [1.29, 1.82) is 5.26 Å². The molecule has 0 rings (SSSR count). The number of hydrogen-bond acceptors (Lipinski definition) is 3. The smallest absolute Gasteiger partial charge is 0.304 e. The first-order valence-corrected chi connectivity index (χ1v) is 4.33. The molecule has 2 unspecified atom stereocenters. The molecule has 0 aromatic rings. The van der Waals surface area contributed by atoms with E-state index in [1.807, 2.05) is 19.9 Å². The van der Waals surface area contributed by atoms with Crippen molar-refractivity contribution < 1.29 is 14.6 Å². The maximum Gasteiger partial charge on any atom is 0.304 e. The van der Waals surface area contributed by atoms with E-state index in [4.69, 9.17) is 15.1 Å². The van der Waals surface area contributed by atoms with Crippen molar-refractivity contribution in [2.45, 2.75) is 32.8 Å². The molecule has 0 aliphatic carbocycles. The van der Waals surface area contributed by atoms with Crippen molar-refractivity contribution in [3.8, 4) is 6.07 Å². The normalized spacial score (nSPS) is 14.5. The van der Waals surface area contributed by atoms with Gasteiger partial charge in [-0.2, -0.15) is 5.26 Å². The number of rotatable bonds is 6. The van der Waals surface area contributed by atoms with Crippen LogP contribution in [0.2, 0.25) is 0 Å². The van der Waals surface area contributed by atoms with E-state index in [-0.39, 0.29) is 12.5 Å². The summed E-state index contributed by atoms with van der Waals surface area (Å²) in [5, 5.41) is 17.1. The van der Waals surface area contributed by atoms with Crippen molar-refractivity contribution in [2.24, 2.45) is 5.92 Å². The van der Waals surface area contributed by atoms with Crippen molar-refractivity contribution >= 4 is 5.97 Å². The number of nitrogens with zero attached hydrogens (tertiary/aromatic N) is 1. The van der Waals surface area contributed by atoms with Gasteiger partial charge in [0.15, 0.2) is 0 Å². The molecule has 0 spiro atoms. The van der Waals surface area contributed by atoms with Gasteiger partial charge in [0.2, 0.25) is 0 Å². The van der Waals surface area contributed by atoms with Crippen molar-refractivity contribution in [2.75, 3.05) is 6.61 Å². The van der Waals surface area contributed by atoms with Gasteiger partial charge in [0, 0.05) is 6.61 Å². The van der Waals surface area contributed by atoms with Crippen LogP contribution in [0.25, 0.3) is 0 Å². The lowest BCUT2D eigenvalue weighted by Gasteiger charge is -2.13. The van der Waals surface area contributed by atoms with E-state index >= 15 is 0 Å². The summed E-state index contributed by atoms with van der Waals surface area (Å²) >= 11 is 0. The van der Waals surface area contributed by atoms with E-state index in [0.29, 0.717) is 13.0 Å². The minimum absolute atomic E-state index is 0.0472. The Morgan fingerprint density at radius 2 is 2.31 bits per heavy atom. The molecule has 0 amide bonds. The van der Waals surface area contributed by atoms with E-state index in [0.717, 1.165) is 0 Å². The van der Waals surface area contributed by atoms with Gasteiger partial charge in [0.25, 0.3) is 0 Å². The first kappa shape index (κ1) is 11.9. The molecule has 1 N–H and O–H groups in total. The first-order valence-electron chi connectivity index (χ1n) is 4.33. The van der Waals surface area contributed by atoms with Gasteiger partial charge >= 0.3 is 5.97 Å². The molecule has 74 valence electrons. The molecule has 0 heterocycles. The van der Waals surface area contributed by atoms with E-state index in [2.05, 4.69) is 0 Å². The van der Waals surface area contributed by atoms with Crippen LogP contribution in [0.1, 0.15) is 26.7 Å². The Labute approximate surface area is 78.1 Å². The lowest BCUT2D eigenvalue weighted by molar-refractivity contribution is -0.137. The second-order valence-corrected chi connectivity index (χ2v) is 2.93. The number of carbonyl (C=O) groups is 1. The summed E-state index contributed by atoms with van der Waals surface area (Å²) in [5.74, 6) is -1.38. The van der Waals surface area contributed by atoms with Crippen LogP contribution in [-0.2, 0) is 9.53 Å². The third-order valence-electron chi connectivity index (χ3n) is 1.67. The highest BCUT2D eigenvalue weighted by Gasteiger charge is 2.15. The molecule has 0 aromatic carbocycles. The second kappa shape index (κ2) is 6.44. The predicted molar refractivity (Wildman–Crippen MR) is 47.1 cm³/mol. The van der Waals surface area contributed by atoms with Crippen molar-refractivity contribution in [3.63, 3.8) is 0 Å². The number of carboxylic acids is 1. The first-order chi connectivity index (χ1) is 6.10.